The van der Waals surface area contributed by atoms with Gasteiger partial charge in [-0.15, -0.1) is 0 Å². The summed E-state index contributed by atoms with van der Waals surface area (Å²) in [6.07, 6.45) is -11.2. The second kappa shape index (κ2) is 32.7. The molecule has 3 aliphatic heterocycles. The van der Waals surface area contributed by atoms with E-state index in [0.29, 0.717) is 39.2 Å². The second-order valence-corrected chi connectivity index (χ2v) is 24.3. The number of alkyl halides is 12. The van der Waals surface area contributed by atoms with E-state index in [2.05, 4.69) is 79.7 Å². The summed E-state index contributed by atoms with van der Waals surface area (Å²) in [4.78, 5) is 148. The summed E-state index contributed by atoms with van der Waals surface area (Å²) in [5.74, 6) is -7.96. The van der Waals surface area contributed by atoms with Gasteiger partial charge in [-0.1, -0.05) is 36.4 Å². The van der Waals surface area contributed by atoms with E-state index in [9.17, 15) is 86.2 Å². The predicted octanol–water partition coefficient (Wildman–Crippen LogP) is 10.5. The number of carbonyl (C=O) groups is 6. The third-order valence-corrected chi connectivity index (χ3v) is 15.6. The zero-order valence-corrected chi connectivity index (χ0v) is 58.6. The van der Waals surface area contributed by atoms with Crippen molar-refractivity contribution in [2.24, 2.45) is 5.73 Å². The molecule has 11 aromatic rings. The molecule has 0 fully saturated rings. The fraction of sp³-hybridized carbons (Fsp3) is 0.211. The monoisotopic (exact) mass is 1570 g/mol. The average Bonchev–Trinajstić information content (AvgIpc) is 1.66. The smallest absolute Gasteiger partial charge is 0.451 e. The molecule has 0 atom stereocenters. The Kier molecular flexibility index (Phi) is 23.2. The predicted molar refractivity (Wildman–Crippen MR) is 363 cm³/mol. The van der Waals surface area contributed by atoms with Crippen molar-refractivity contribution >= 4 is 35.4 Å². The first-order valence-corrected chi connectivity index (χ1v) is 32.7. The maximum Gasteiger partial charge on any atom is 0.451 e. The number of nitrogens with one attached hydrogen (secondary N) is 1. The maximum atomic E-state index is 12.8. The van der Waals surface area contributed by atoms with Crippen LogP contribution < -0.4 is 25.6 Å². The number of fused-ring (bicyclic) bond motifs is 3. The molecule has 113 heavy (non-hydrogen) atoms. The van der Waals surface area contributed by atoms with Crippen LogP contribution in [0.5, 0.6) is 18.0 Å². The Morgan fingerprint density at radius 2 is 0.619 bits per heavy atom. The molecule has 0 aliphatic carbocycles. The first-order chi connectivity index (χ1) is 53.4. The number of hydrogen-bond acceptors (Lipinski definition) is 26. The van der Waals surface area contributed by atoms with Gasteiger partial charge in [-0.3, -0.25) is 43.5 Å². The third-order valence-electron chi connectivity index (χ3n) is 15.6. The second-order valence-electron chi connectivity index (χ2n) is 24.3. The number of aromatic nitrogens is 16. The van der Waals surface area contributed by atoms with Crippen molar-refractivity contribution < 1.29 is 95.7 Å². The molecular weight excluding hydrogens is 1520 g/mol. The minimum absolute atomic E-state index is 0.00841. The lowest BCUT2D eigenvalue weighted by molar-refractivity contribution is -0.145. The van der Waals surface area contributed by atoms with E-state index in [-0.39, 0.29) is 118 Å². The average molecular weight is 1570 g/mol. The van der Waals surface area contributed by atoms with Gasteiger partial charge in [0.05, 0.1) is 112 Å². The SMILES string of the molecule is CC(C)Oc1nc(CN)cc(-c2cnc(C(F)(F)F)nc2)n1.CC(C)Oc1nc(CN2C(=O)c3ccccc3C2=O)cc(-c2cnc(C(F)(F)F)nc2)n1.COc1nc(CN2C(=O)c3ccccc3C2=O)cc(-c2cnc(C(F)(F)F)nc2)n1.O=C1c2ccccc2C(=O)N1Cc1cc(-c2cnc(C(F)(F)F)nc2)nc(=O)[nH]1. The maximum absolute atomic E-state index is 12.8. The number of imide groups is 3. The van der Waals surface area contributed by atoms with Crippen LogP contribution in [-0.4, -0.2) is 149 Å². The Morgan fingerprint density at radius 3 is 0.894 bits per heavy atom. The number of rotatable bonds is 16. The first kappa shape index (κ1) is 80.1. The number of nitrogens with zero attached hydrogens (tertiary/aromatic N) is 18. The number of amides is 6. The summed E-state index contributed by atoms with van der Waals surface area (Å²) in [6.45, 7) is 6.68. The quantitative estimate of drug-likeness (QED) is 0.0670. The molecule has 3 N–H and O–H groups in total. The lowest BCUT2D eigenvalue weighted by Gasteiger charge is -2.16. The van der Waals surface area contributed by atoms with Crippen molar-refractivity contribution in [3.05, 3.63) is 237 Å². The van der Waals surface area contributed by atoms with Gasteiger partial charge in [0.25, 0.3) is 35.4 Å². The van der Waals surface area contributed by atoms with Crippen molar-refractivity contribution in [2.45, 2.75) is 90.8 Å². The third kappa shape index (κ3) is 18.8. The molecule has 0 saturated carbocycles. The zero-order chi connectivity index (χ0) is 81.6. The van der Waals surface area contributed by atoms with E-state index in [1.54, 1.807) is 94.4 Å². The molecule has 3 aromatic carbocycles. The van der Waals surface area contributed by atoms with Gasteiger partial charge in [-0.05, 0) is 88.4 Å². The van der Waals surface area contributed by atoms with Crippen molar-refractivity contribution in [3.8, 4) is 63.1 Å². The van der Waals surface area contributed by atoms with E-state index in [4.69, 9.17) is 19.9 Å². The van der Waals surface area contributed by atoms with Gasteiger partial charge in [0.15, 0.2) is 0 Å². The molecule has 0 spiro atoms. The van der Waals surface area contributed by atoms with Gasteiger partial charge in [0, 0.05) is 84.1 Å². The summed E-state index contributed by atoms with van der Waals surface area (Å²) >= 11 is 0. The number of nitrogens with two attached hydrogens (primary N) is 1. The number of methoxy groups -OCH3 is 1. The van der Waals surface area contributed by atoms with Crippen molar-refractivity contribution in [1.29, 1.82) is 0 Å². The molecule has 14 rings (SSSR count). The topological polar surface area (TPSA) is 392 Å². The van der Waals surface area contributed by atoms with Crippen molar-refractivity contribution in [1.82, 2.24) is 94.4 Å². The molecule has 42 heteroatoms. The highest BCUT2D eigenvalue weighted by Crippen LogP contribution is 2.34. The van der Waals surface area contributed by atoms with Crippen LogP contribution in [0.1, 0.15) is 136 Å². The van der Waals surface area contributed by atoms with Crippen LogP contribution in [0.2, 0.25) is 0 Å². The van der Waals surface area contributed by atoms with Crippen LogP contribution in [0.4, 0.5) is 52.7 Å². The van der Waals surface area contributed by atoms with E-state index in [1.165, 1.54) is 37.4 Å². The highest BCUT2D eigenvalue weighted by Gasteiger charge is 2.41. The van der Waals surface area contributed by atoms with Crippen LogP contribution in [0, 0.1) is 0 Å². The molecule has 30 nitrogen and oxygen atoms in total. The fourth-order valence-electron chi connectivity index (χ4n) is 10.6. The number of halogens is 12. The molecule has 0 radical (unpaired) electrons. The van der Waals surface area contributed by atoms with E-state index < -0.39 is 89.1 Å². The Labute approximate surface area is 626 Å². The van der Waals surface area contributed by atoms with Gasteiger partial charge in [-0.2, -0.15) is 87.6 Å². The molecule has 6 amide bonds. The lowest BCUT2D eigenvalue weighted by Crippen LogP contribution is -2.30. The summed E-state index contributed by atoms with van der Waals surface area (Å²) in [6, 6.07) is 24.9. The lowest BCUT2D eigenvalue weighted by atomic mass is 10.1. The molecule has 0 saturated heterocycles. The fourth-order valence-corrected chi connectivity index (χ4v) is 10.6. The van der Waals surface area contributed by atoms with Crippen LogP contribution in [0.25, 0.3) is 45.0 Å². The van der Waals surface area contributed by atoms with Crippen LogP contribution in [0.3, 0.4) is 0 Å². The summed E-state index contributed by atoms with van der Waals surface area (Å²) in [5, 5.41) is 0. The highest BCUT2D eigenvalue weighted by molar-refractivity contribution is 6.22. The summed E-state index contributed by atoms with van der Waals surface area (Å²) in [7, 11) is 1.31. The van der Waals surface area contributed by atoms with Crippen LogP contribution in [0.15, 0.2) is 151 Å². The molecule has 580 valence electrons. The highest BCUT2D eigenvalue weighted by atomic mass is 19.4. The molecule has 0 unspecified atom stereocenters. The number of carbonyl (C=O) groups excluding carboxylic acids is 6. The Morgan fingerprint density at radius 1 is 0.363 bits per heavy atom. The van der Waals surface area contributed by atoms with Crippen molar-refractivity contribution in [2.75, 3.05) is 7.11 Å². The Hall–Kier alpha value is -14.0. The molecule has 8 aromatic heterocycles. The largest absolute Gasteiger partial charge is 0.467 e. The molecule has 11 heterocycles. The van der Waals surface area contributed by atoms with Crippen molar-refractivity contribution in [3.63, 3.8) is 0 Å². The first-order valence-electron chi connectivity index (χ1n) is 32.7. The molecule has 3 aliphatic rings. The Balaban J connectivity index is 0.000000150. The number of benzene rings is 3. The minimum Gasteiger partial charge on any atom is -0.467 e. The minimum atomic E-state index is -4.70. The van der Waals surface area contributed by atoms with Gasteiger partial charge < -0.3 is 24.9 Å². The number of aromatic amines is 1. The van der Waals surface area contributed by atoms with Crippen LogP contribution >= 0.6 is 0 Å². The van der Waals surface area contributed by atoms with Gasteiger partial charge in [0.2, 0.25) is 23.3 Å². The summed E-state index contributed by atoms with van der Waals surface area (Å²) in [5.41, 5.74) is 9.13. The van der Waals surface area contributed by atoms with Gasteiger partial charge in [-0.25, -0.2) is 44.7 Å². The van der Waals surface area contributed by atoms with Gasteiger partial charge in [0.1, 0.15) is 0 Å². The zero-order valence-electron chi connectivity index (χ0n) is 58.6. The molecular formula is C71H52F12N20O10. The normalized spacial score (nSPS) is 13.3. The van der Waals surface area contributed by atoms with Crippen LogP contribution in [-0.2, 0) is 50.9 Å². The number of hydrogen-bond donors (Lipinski definition) is 2. The van der Waals surface area contributed by atoms with Gasteiger partial charge >= 0.3 is 48.4 Å². The van der Waals surface area contributed by atoms with E-state index >= 15 is 0 Å². The van der Waals surface area contributed by atoms with E-state index in [1.807, 2.05) is 0 Å². The Bertz CT molecular complexity index is 5400. The molecule has 0 bridgehead atoms. The van der Waals surface area contributed by atoms with E-state index in [0.717, 1.165) is 64.3 Å². The summed E-state index contributed by atoms with van der Waals surface area (Å²) < 4.78 is 167. The number of ether oxygens (including phenoxy) is 3. The number of H-pyrrole nitrogens is 1. The standard InChI is InChI=1S/C21H16F3N5O3.C19H12F3N5O3.C18H10F3N5O3.C13H14F3N5O/c1-11(2)32-20-27-13(10-29-17(30)14-5-3-4-6-15(14)18(29)31)7-16(28-20)12-8-25-19(26-9-12)21(22,23)24;1-30-18-25-11(9-27-15(28)12-4-2-3-5-13(12)16(27)29)6-14(26-18)10-7-23-17(24-8-10)19(20,21)22;19-18(20,21)16-22-6-9(7-23-16)13-5-10(24-17(29)25-13)8-26-14(27)11-3-1-2-4-12(11)15(26)28;1-7(2)22-12-20-9(4-17)3-10(21-12)8-5-18-11(19-6-8)13(14,15)16/h3-9,11H,10H2,1-2H3;2-8H,9H2,1H3;1-7H,8H2,(H,24,25,29);3,5-7H,4,17H2,1-2H3.